The van der Waals surface area contributed by atoms with Crippen LogP contribution >= 0.6 is 0 Å². The fourth-order valence-electron chi connectivity index (χ4n) is 2.27. The molecule has 0 aliphatic carbocycles. The molecule has 7 nitrogen and oxygen atoms in total. The van der Waals surface area contributed by atoms with Crippen molar-refractivity contribution in [1.82, 2.24) is 9.97 Å². The van der Waals surface area contributed by atoms with Gasteiger partial charge in [-0.15, -0.1) is 0 Å². The Hall–Kier alpha value is -3.03. The lowest BCUT2D eigenvalue weighted by molar-refractivity contribution is 0.0576. The van der Waals surface area contributed by atoms with Gasteiger partial charge >= 0.3 is 6.09 Å². The van der Waals surface area contributed by atoms with Crippen molar-refractivity contribution in [3.05, 3.63) is 57.4 Å². The van der Waals surface area contributed by atoms with E-state index in [1.807, 2.05) is 0 Å². The molecule has 0 fully saturated rings. The van der Waals surface area contributed by atoms with Crippen LogP contribution in [-0.2, 0) is 11.3 Å². The van der Waals surface area contributed by atoms with Crippen LogP contribution in [0.15, 0.2) is 29.3 Å². The summed E-state index contributed by atoms with van der Waals surface area (Å²) in [6, 6.07) is 2.60. The Labute approximate surface area is 149 Å². The molecule has 0 aromatic carbocycles. The highest BCUT2D eigenvalue weighted by Crippen LogP contribution is 2.22. The van der Waals surface area contributed by atoms with Crippen LogP contribution in [0.4, 0.5) is 15.0 Å². The van der Waals surface area contributed by atoms with Crippen molar-refractivity contribution in [3.63, 3.8) is 0 Å². The highest BCUT2D eigenvalue weighted by Gasteiger charge is 2.26. The van der Waals surface area contributed by atoms with Crippen LogP contribution in [0, 0.1) is 12.7 Å². The maximum Gasteiger partial charge on any atom is 0.416 e. The largest absolute Gasteiger partial charge is 0.443 e. The van der Waals surface area contributed by atoms with Crippen LogP contribution in [-0.4, -0.2) is 27.9 Å². The average molecular weight is 361 g/mol. The molecule has 0 aliphatic rings. The maximum atomic E-state index is 13.5. The Kier molecular flexibility index (Phi) is 5.54. The minimum absolute atomic E-state index is 0.0384. The Morgan fingerprint density at radius 3 is 2.65 bits per heavy atom. The van der Waals surface area contributed by atoms with Gasteiger partial charge in [0.05, 0.1) is 6.54 Å². The molecule has 1 N–H and O–H groups in total. The molecule has 2 rings (SSSR count). The number of aldehydes is 1. The van der Waals surface area contributed by atoms with E-state index in [-0.39, 0.29) is 17.9 Å². The normalized spacial score (nSPS) is 11.1. The first-order chi connectivity index (χ1) is 12.1. The minimum Gasteiger partial charge on any atom is -0.443 e. The SMILES string of the molecule is Cc1cc(C=O)cnc1N(Cc1cc(F)c[nH]c1=O)C(=O)OC(C)(C)C. The van der Waals surface area contributed by atoms with E-state index in [0.29, 0.717) is 17.4 Å². The number of pyridine rings is 2. The Bertz CT molecular complexity index is 887. The number of nitrogens with one attached hydrogen (secondary N) is 1. The molecule has 2 aromatic heterocycles. The van der Waals surface area contributed by atoms with Crippen molar-refractivity contribution in [2.24, 2.45) is 0 Å². The molecule has 1 amide bonds. The third-order valence-electron chi connectivity index (χ3n) is 3.35. The summed E-state index contributed by atoms with van der Waals surface area (Å²) in [7, 11) is 0. The summed E-state index contributed by atoms with van der Waals surface area (Å²) >= 11 is 0. The minimum atomic E-state index is -0.777. The number of nitrogens with zero attached hydrogens (tertiary/aromatic N) is 2. The van der Waals surface area contributed by atoms with E-state index in [1.54, 1.807) is 33.8 Å². The highest BCUT2D eigenvalue weighted by atomic mass is 19.1. The van der Waals surface area contributed by atoms with E-state index in [0.717, 1.165) is 17.2 Å². The topological polar surface area (TPSA) is 92.4 Å². The van der Waals surface area contributed by atoms with E-state index in [9.17, 15) is 18.8 Å². The van der Waals surface area contributed by atoms with Crippen molar-refractivity contribution in [3.8, 4) is 0 Å². The first kappa shape index (κ1) is 19.3. The first-order valence-corrected chi connectivity index (χ1v) is 7.90. The third-order valence-corrected chi connectivity index (χ3v) is 3.35. The molecule has 0 atom stereocenters. The molecule has 138 valence electrons. The van der Waals surface area contributed by atoms with Gasteiger partial charge in [0.1, 0.15) is 17.2 Å². The number of aromatic amines is 1. The van der Waals surface area contributed by atoms with E-state index in [4.69, 9.17) is 4.74 Å². The Morgan fingerprint density at radius 2 is 2.08 bits per heavy atom. The number of halogens is 1. The average Bonchev–Trinajstić information content (AvgIpc) is 2.54. The summed E-state index contributed by atoms with van der Waals surface area (Å²) in [5, 5.41) is 0. The molecule has 8 heteroatoms. The number of carbonyl (C=O) groups excluding carboxylic acids is 2. The second-order valence-corrected chi connectivity index (χ2v) is 6.77. The molecule has 2 aromatic rings. The summed E-state index contributed by atoms with van der Waals surface area (Å²) in [6.07, 6.45) is 2.14. The molecule has 0 saturated carbocycles. The predicted molar refractivity (Wildman–Crippen MR) is 93.8 cm³/mol. The molecule has 26 heavy (non-hydrogen) atoms. The number of amides is 1. The van der Waals surface area contributed by atoms with Gasteiger partial charge < -0.3 is 9.72 Å². The molecule has 2 heterocycles. The van der Waals surface area contributed by atoms with Crippen molar-refractivity contribution in [2.75, 3.05) is 4.90 Å². The second-order valence-electron chi connectivity index (χ2n) is 6.77. The number of H-pyrrole nitrogens is 1. The number of hydrogen-bond acceptors (Lipinski definition) is 5. The lowest BCUT2D eigenvalue weighted by atomic mass is 10.2. The van der Waals surface area contributed by atoms with Gasteiger partial charge in [-0.2, -0.15) is 0 Å². The summed E-state index contributed by atoms with van der Waals surface area (Å²) < 4.78 is 18.9. The van der Waals surface area contributed by atoms with Gasteiger partial charge in [0.25, 0.3) is 5.56 Å². The van der Waals surface area contributed by atoms with Gasteiger partial charge in [0.2, 0.25) is 0 Å². The number of ether oxygens (including phenoxy) is 1. The van der Waals surface area contributed by atoms with Crippen LogP contribution < -0.4 is 10.5 Å². The highest BCUT2D eigenvalue weighted by molar-refractivity contribution is 5.88. The van der Waals surface area contributed by atoms with E-state index >= 15 is 0 Å². The lowest BCUT2D eigenvalue weighted by Crippen LogP contribution is -2.38. The van der Waals surface area contributed by atoms with Gasteiger partial charge in [0.15, 0.2) is 6.29 Å². The van der Waals surface area contributed by atoms with Crippen molar-refractivity contribution >= 4 is 18.2 Å². The zero-order valence-electron chi connectivity index (χ0n) is 15.0. The molecular weight excluding hydrogens is 341 g/mol. The van der Waals surface area contributed by atoms with E-state index in [2.05, 4.69) is 9.97 Å². The molecule has 0 unspecified atom stereocenters. The van der Waals surface area contributed by atoms with Gasteiger partial charge in [0, 0.05) is 23.5 Å². The fraction of sp³-hybridized carbons (Fsp3) is 0.333. The number of aryl methyl sites for hydroxylation is 1. The molecule has 0 spiro atoms. The number of aromatic nitrogens is 2. The number of anilines is 1. The Morgan fingerprint density at radius 1 is 1.38 bits per heavy atom. The van der Waals surface area contributed by atoms with Crippen LogP contribution in [0.2, 0.25) is 0 Å². The first-order valence-electron chi connectivity index (χ1n) is 7.90. The molecular formula is C18H20FN3O4. The van der Waals surface area contributed by atoms with E-state index in [1.165, 1.54) is 6.20 Å². The predicted octanol–water partition coefficient (Wildman–Crippen LogP) is 2.97. The maximum absolute atomic E-state index is 13.5. The summed E-state index contributed by atoms with van der Waals surface area (Å²) in [5.41, 5.74) is -0.383. The molecule has 0 aliphatic heterocycles. The van der Waals surface area contributed by atoms with Crippen LogP contribution in [0.5, 0.6) is 0 Å². The Balaban J connectivity index is 2.48. The number of hydrogen-bond donors (Lipinski definition) is 1. The summed E-state index contributed by atoms with van der Waals surface area (Å²) in [4.78, 5) is 43.1. The zero-order valence-corrected chi connectivity index (χ0v) is 15.0. The molecule has 0 bridgehead atoms. The van der Waals surface area contributed by atoms with Crippen molar-refractivity contribution < 1.29 is 18.7 Å². The fourth-order valence-corrected chi connectivity index (χ4v) is 2.27. The van der Waals surface area contributed by atoms with Gasteiger partial charge in [-0.1, -0.05) is 0 Å². The van der Waals surface area contributed by atoms with Gasteiger partial charge in [-0.25, -0.2) is 14.2 Å². The van der Waals surface area contributed by atoms with Gasteiger partial charge in [-0.3, -0.25) is 14.5 Å². The smallest absolute Gasteiger partial charge is 0.416 e. The van der Waals surface area contributed by atoms with Gasteiger partial charge in [-0.05, 0) is 45.4 Å². The third kappa shape index (κ3) is 4.75. The summed E-state index contributed by atoms with van der Waals surface area (Å²) in [5.74, 6) is -0.418. The monoisotopic (exact) mass is 361 g/mol. The number of carbonyl (C=O) groups is 2. The standard InChI is InChI=1S/C18H20FN3O4/c1-11-5-12(10-23)7-20-15(11)22(17(25)26-18(2,3)4)9-13-6-14(19)8-21-16(13)24/h5-8,10H,9H2,1-4H3,(H,21,24). The number of rotatable bonds is 4. The molecule has 0 radical (unpaired) electrons. The molecule has 0 saturated heterocycles. The quantitative estimate of drug-likeness (QED) is 0.845. The lowest BCUT2D eigenvalue weighted by Gasteiger charge is -2.27. The van der Waals surface area contributed by atoms with E-state index < -0.39 is 23.1 Å². The van der Waals surface area contributed by atoms with Crippen molar-refractivity contribution in [2.45, 2.75) is 39.8 Å². The second kappa shape index (κ2) is 7.47. The van der Waals surface area contributed by atoms with Crippen LogP contribution in [0.25, 0.3) is 0 Å². The van der Waals surface area contributed by atoms with Crippen LogP contribution in [0.3, 0.4) is 0 Å². The van der Waals surface area contributed by atoms with Crippen LogP contribution in [0.1, 0.15) is 42.3 Å². The summed E-state index contributed by atoms with van der Waals surface area (Å²) in [6.45, 7) is 6.54. The van der Waals surface area contributed by atoms with Crippen molar-refractivity contribution in [1.29, 1.82) is 0 Å². The zero-order chi connectivity index (χ0) is 19.5.